The number of allylic oxidation sites excluding steroid dienone is 1. The number of hydrogen-bond acceptors (Lipinski definition) is 6. The molecule has 0 spiro atoms. The molecule has 0 fully saturated rings. The van der Waals surface area contributed by atoms with Gasteiger partial charge in [0.15, 0.2) is 17.4 Å². The summed E-state index contributed by atoms with van der Waals surface area (Å²) in [7, 11) is 0.302. The molecular formula is C21H29BF2NO5. The lowest BCUT2D eigenvalue weighted by Crippen LogP contribution is -2.24. The summed E-state index contributed by atoms with van der Waals surface area (Å²) < 4.78 is 38.6. The number of ketones is 1. The van der Waals surface area contributed by atoms with E-state index < -0.39 is 34.4 Å². The maximum atomic E-state index is 14.4. The first kappa shape index (κ1) is 25.6. The van der Waals surface area contributed by atoms with Gasteiger partial charge in [0.2, 0.25) is 0 Å². The van der Waals surface area contributed by atoms with Gasteiger partial charge in [0.05, 0.1) is 17.6 Å². The molecule has 165 valence electrons. The molecule has 0 aliphatic carbocycles. The van der Waals surface area contributed by atoms with Gasteiger partial charge in [0.25, 0.3) is 0 Å². The minimum Gasteiger partial charge on any atom is -0.537 e. The van der Waals surface area contributed by atoms with Crippen molar-refractivity contribution in [3.8, 4) is 5.75 Å². The Bertz CT molecular complexity index is 778. The molecule has 0 saturated heterocycles. The summed E-state index contributed by atoms with van der Waals surface area (Å²) in [4.78, 5) is 24.4. The molecule has 30 heavy (non-hydrogen) atoms. The molecule has 2 N–H and O–H groups in total. The lowest BCUT2D eigenvalue weighted by Gasteiger charge is -2.18. The largest absolute Gasteiger partial charge is 0.569 e. The average molecular weight is 424 g/mol. The van der Waals surface area contributed by atoms with Crippen molar-refractivity contribution in [2.75, 3.05) is 13.2 Å². The zero-order valence-electron chi connectivity index (χ0n) is 17.9. The Balaban J connectivity index is 3.02. The molecule has 0 heterocycles. The van der Waals surface area contributed by atoms with E-state index in [0.29, 0.717) is 14.2 Å². The number of benzene rings is 1. The second-order valence-corrected chi connectivity index (χ2v) is 7.85. The van der Waals surface area contributed by atoms with Crippen LogP contribution in [0.2, 0.25) is 0 Å². The minimum absolute atomic E-state index is 0.197. The van der Waals surface area contributed by atoms with E-state index >= 15 is 0 Å². The number of halogens is 2. The van der Waals surface area contributed by atoms with Crippen LogP contribution in [0.1, 0.15) is 62.9 Å². The third kappa shape index (κ3) is 7.44. The van der Waals surface area contributed by atoms with E-state index in [-0.39, 0.29) is 30.8 Å². The van der Waals surface area contributed by atoms with Crippen LogP contribution in [-0.2, 0) is 16.0 Å². The van der Waals surface area contributed by atoms with Gasteiger partial charge in [-0.05, 0) is 45.2 Å². The molecule has 1 radical (unpaired) electrons. The Morgan fingerprint density at radius 3 is 2.50 bits per heavy atom. The van der Waals surface area contributed by atoms with Gasteiger partial charge in [-0.2, -0.15) is 0 Å². The molecule has 1 aromatic carbocycles. The Morgan fingerprint density at radius 2 is 1.93 bits per heavy atom. The van der Waals surface area contributed by atoms with Crippen molar-refractivity contribution >= 4 is 19.4 Å². The van der Waals surface area contributed by atoms with Gasteiger partial charge in [0, 0.05) is 18.7 Å². The maximum Gasteiger partial charge on any atom is 0.569 e. The van der Waals surface area contributed by atoms with Crippen molar-refractivity contribution < 1.29 is 32.8 Å². The van der Waals surface area contributed by atoms with Crippen LogP contribution in [0, 0.1) is 17.0 Å². The van der Waals surface area contributed by atoms with Crippen molar-refractivity contribution in [1.82, 2.24) is 5.32 Å². The predicted molar refractivity (Wildman–Crippen MR) is 110 cm³/mol. The van der Waals surface area contributed by atoms with Gasteiger partial charge in [-0.15, -0.1) is 0 Å². The highest BCUT2D eigenvalue weighted by Crippen LogP contribution is 2.30. The van der Waals surface area contributed by atoms with Gasteiger partial charge < -0.3 is 19.7 Å². The zero-order chi connectivity index (χ0) is 22.9. The fraction of sp³-hybridized carbons (Fsp3) is 0.524. The highest BCUT2D eigenvalue weighted by Gasteiger charge is 2.27. The second kappa shape index (κ2) is 11.7. The number of hydrogen-bond donors (Lipinski definition) is 2. The lowest BCUT2D eigenvalue weighted by atomic mass is 9.97. The van der Waals surface area contributed by atoms with Crippen molar-refractivity contribution in [2.24, 2.45) is 5.41 Å². The molecule has 0 aromatic heterocycles. The van der Waals surface area contributed by atoms with Crippen molar-refractivity contribution in [1.29, 1.82) is 0 Å². The Kier molecular flexibility index (Phi) is 9.98. The Hall–Kier alpha value is -2.42. The zero-order valence-corrected chi connectivity index (χ0v) is 17.9. The smallest absolute Gasteiger partial charge is 0.537 e. The van der Waals surface area contributed by atoms with Crippen LogP contribution in [0.5, 0.6) is 5.75 Å². The summed E-state index contributed by atoms with van der Waals surface area (Å²) in [6, 6.07) is 0.925. The van der Waals surface area contributed by atoms with E-state index in [1.807, 2.05) is 6.92 Å². The number of nitrogens with one attached hydrogen (secondary N) is 1. The molecule has 1 aromatic rings. The number of Topliss-reactive ketones (excluding diaryl/α,β-unsaturated/α-hetero) is 1. The molecule has 0 aliphatic heterocycles. The van der Waals surface area contributed by atoms with E-state index in [0.717, 1.165) is 24.6 Å². The van der Waals surface area contributed by atoms with Gasteiger partial charge in [0.1, 0.15) is 5.75 Å². The fourth-order valence-corrected chi connectivity index (χ4v) is 2.63. The van der Waals surface area contributed by atoms with Crippen LogP contribution >= 0.6 is 0 Å². The Morgan fingerprint density at radius 1 is 1.27 bits per heavy atom. The maximum absolute atomic E-state index is 14.4. The molecule has 9 heteroatoms. The van der Waals surface area contributed by atoms with Crippen molar-refractivity contribution in [3.05, 3.63) is 41.1 Å². The number of esters is 1. The summed E-state index contributed by atoms with van der Waals surface area (Å²) in [5.41, 5.74) is -0.386. The third-order valence-electron chi connectivity index (χ3n) is 4.19. The number of rotatable bonds is 12. The van der Waals surface area contributed by atoms with Crippen LogP contribution in [0.15, 0.2) is 18.3 Å². The van der Waals surface area contributed by atoms with Crippen molar-refractivity contribution in [3.63, 3.8) is 0 Å². The van der Waals surface area contributed by atoms with Crippen LogP contribution in [0.3, 0.4) is 0 Å². The molecular weight excluding hydrogens is 395 g/mol. The summed E-state index contributed by atoms with van der Waals surface area (Å²) >= 11 is 0. The van der Waals surface area contributed by atoms with Gasteiger partial charge in [-0.3, -0.25) is 9.59 Å². The molecule has 1 rings (SSSR count). The van der Waals surface area contributed by atoms with Crippen LogP contribution < -0.4 is 9.97 Å². The first-order valence-corrected chi connectivity index (χ1v) is 9.78. The fourth-order valence-electron chi connectivity index (χ4n) is 2.63. The van der Waals surface area contributed by atoms with Crippen LogP contribution in [-0.4, -0.2) is 37.6 Å². The molecule has 0 bridgehead atoms. The molecule has 6 nitrogen and oxygen atoms in total. The monoisotopic (exact) mass is 424 g/mol. The molecule has 0 aliphatic rings. The minimum atomic E-state index is -1.38. The van der Waals surface area contributed by atoms with Gasteiger partial charge in [-0.1, -0.05) is 19.9 Å². The SMILES string of the molecule is C=C(CCC)NCCc1cc(F)c(F)c(C(=O)CCOC(=O)C(C)(C)C)c1O[B]O. The van der Waals surface area contributed by atoms with Gasteiger partial charge >= 0.3 is 13.7 Å². The highest BCUT2D eigenvalue weighted by atomic mass is 19.2. The Labute approximate surface area is 176 Å². The highest BCUT2D eigenvalue weighted by molar-refractivity contribution is 6.18. The topological polar surface area (TPSA) is 84.9 Å². The van der Waals surface area contributed by atoms with E-state index in [4.69, 9.17) is 14.4 Å². The second-order valence-electron chi connectivity index (χ2n) is 7.85. The van der Waals surface area contributed by atoms with Crippen LogP contribution in [0.25, 0.3) is 0 Å². The number of carbonyl (C=O) groups is 2. The average Bonchev–Trinajstić information content (AvgIpc) is 2.65. The quantitative estimate of drug-likeness (QED) is 0.304. The van der Waals surface area contributed by atoms with Crippen LogP contribution in [0.4, 0.5) is 8.78 Å². The normalized spacial score (nSPS) is 11.0. The first-order valence-electron chi connectivity index (χ1n) is 9.78. The molecule has 0 amide bonds. The third-order valence-corrected chi connectivity index (χ3v) is 4.19. The first-order chi connectivity index (χ1) is 14.0. The van der Waals surface area contributed by atoms with E-state index in [2.05, 4.69) is 11.9 Å². The standard InChI is InChI=1S/C21H29BF2NO5/c1-6-7-13(2)25-10-8-14-12-15(23)18(24)17(19(14)30-22-28)16(26)9-11-29-20(27)21(3,4)5/h12,25,28H,2,6-11H2,1,3-5H3. The molecule has 0 atom stereocenters. The van der Waals surface area contributed by atoms with Crippen molar-refractivity contribution in [2.45, 2.75) is 53.4 Å². The number of ether oxygens (including phenoxy) is 1. The number of carbonyl (C=O) groups excluding carboxylic acids is 2. The molecule has 0 saturated carbocycles. The summed E-state index contributed by atoms with van der Waals surface area (Å²) in [5, 5.41) is 12.1. The van der Waals surface area contributed by atoms with E-state index in [1.165, 1.54) is 0 Å². The van der Waals surface area contributed by atoms with E-state index in [9.17, 15) is 18.4 Å². The molecule has 0 unspecified atom stereocenters. The summed E-state index contributed by atoms with van der Waals surface area (Å²) in [6.07, 6.45) is 1.50. The van der Waals surface area contributed by atoms with E-state index in [1.54, 1.807) is 20.8 Å². The summed E-state index contributed by atoms with van der Waals surface area (Å²) in [5.74, 6) is -4.19. The van der Waals surface area contributed by atoms with Gasteiger partial charge in [-0.25, -0.2) is 8.78 Å². The summed E-state index contributed by atoms with van der Waals surface area (Å²) in [6.45, 7) is 10.9. The predicted octanol–water partition coefficient (Wildman–Crippen LogP) is 3.48. The lowest BCUT2D eigenvalue weighted by molar-refractivity contribution is -0.152.